The van der Waals surface area contributed by atoms with Gasteiger partial charge in [-0.2, -0.15) is 5.26 Å². The molecule has 0 saturated heterocycles. The molecule has 0 bridgehead atoms. The van der Waals surface area contributed by atoms with Crippen LogP contribution in [0.3, 0.4) is 0 Å². The molecule has 3 rings (SSSR count). The van der Waals surface area contributed by atoms with E-state index in [0.29, 0.717) is 6.54 Å². The second kappa shape index (κ2) is 5.86. The molecule has 0 radical (unpaired) electrons. The van der Waals surface area contributed by atoms with Crippen molar-refractivity contribution in [2.45, 2.75) is 25.4 Å². The molecule has 0 amide bonds. The summed E-state index contributed by atoms with van der Waals surface area (Å²) in [5.41, 5.74) is 3.19. The Balaban J connectivity index is 1.94. The smallest absolute Gasteiger partial charge is 0.269 e. The molecule has 5 heteroatoms. The van der Waals surface area contributed by atoms with Crippen LogP contribution in [0.5, 0.6) is 0 Å². The lowest BCUT2D eigenvalue weighted by atomic mass is 9.95. The van der Waals surface area contributed by atoms with E-state index in [1.54, 1.807) is 12.1 Å². The average molecular weight is 293 g/mol. The predicted molar refractivity (Wildman–Crippen MR) is 83.4 cm³/mol. The Bertz CT molecular complexity index is 752. The van der Waals surface area contributed by atoms with Crippen molar-refractivity contribution in [1.29, 1.82) is 5.26 Å². The number of para-hydroxylation sites is 1. The van der Waals surface area contributed by atoms with Gasteiger partial charge in [-0.1, -0.05) is 30.3 Å². The van der Waals surface area contributed by atoms with Crippen molar-refractivity contribution >= 4 is 11.4 Å². The summed E-state index contributed by atoms with van der Waals surface area (Å²) in [6.07, 6.45) is 1.67. The Hall–Kier alpha value is -2.87. The minimum atomic E-state index is -0.393. The monoisotopic (exact) mass is 293 g/mol. The topological polar surface area (TPSA) is 70.2 Å². The Labute approximate surface area is 128 Å². The predicted octanol–water partition coefficient (Wildman–Crippen LogP) is 3.44. The number of nitro groups is 1. The van der Waals surface area contributed by atoms with E-state index >= 15 is 0 Å². The lowest BCUT2D eigenvalue weighted by molar-refractivity contribution is -0.384. The number of benzene rings is 2. The van der Waals surface area contributed by atoms with Gasteiger partial charge in [0.1, 0.15) is 6.04 Å². The van der Waals surface area contributed by atoms with Crippen LogP contribution in [0.4, 0.5) is 11.4 Å². The van der Waals surface area contributed by atoms with Crippen LogP contribution in [0.1, 0.15) is 17.5 Å². The van der Waals surface area contributed by atoms with E-state index in [2.05, 4.69) is 12.1 Å². The average Bonchev–Trinajstić information content (AvgIpc) is 2.55. The molecule has 0 fully saturated rings. The van der Waals surface area contributed by atoms with Gasteiger partial charge in [0.2, 0.25) is 0 Å². The van der Waals surface area contributed by atoms with E-state index in [4.69, 9.17) is 0 Å². The summed E-state index contributed by atoms with van der Waals surface area (Å²) in [5.74, 6) is 0. The molecule has 1 heterocycles. The summed E-state index contributed by atoms with van der Waals surface area (Å²) >= 11 is 0. The molecule has 1 aliphatic rings. The zero-order valence-electron chi connectivity index (χ0n) is 12.0. The number of nitrogens with zero attached hydrogens (tertiary/aromatic N) is 3. The maximum Gasteiger partial charge on any atom is 0.269 e. The molecule has 22 heavy (non-hydrogen) atoms. The molecule has 0 aromatic heterocycles. The molecular formula is C17H15N3O2. The van der Waals surface area contributed by atoms with Gasteiger partial charge in [-0.15, -0.1) is 0 Å². The number of hydrogen-bond donors (Lipinski definition) is 0. The van der Waals surface area contributed by atoms with E-state index in [0.717, 1.165) is 24.1 Å². The summed E-state index contributed by atoms with van der Waals surface area (Å²) in [4.78, 5) is 12.6. The second-order valence-corrected chi connectivity index (χ2v) is 5.37. The molecular weight excluding hydrogens is 278 g/mol. The van der Waals surface area contributed by atoms with Crippen LogP contribution in [0.15, 0.2) is 48.5 Å². The van der Waals surface area contributed by atoms with Crippen molar-refractivity contribution < 1.29 is 4.92 Å². The van der Waals surface area contributed by atoms with Gasteiger partial charge < -0.3 is 4.90 Å². The highest BCUT2D eigenvalue weighted by molar-refractivity contribution is 5.58. The number of aryl methyl sites for hydroxylation is 1. The number of nitriles is 1. The molecule has 2 aromatic rings. The van der Waals surface area contributed by atoms with Crippen LogP contribution in [-0.4, -0.2) is 11.0 Å². The number of fused-ring (bicyclic) bond motifs is 1. The molecule has 0 N–H and O–H groups in total. The van der Waals surface area contributed by atoms with Gasteiger partial charge in [0.05, 0.1) is 11.0 Å². The fourth-order valence-electron chi connectivity index (χ4n) is 2.91. The van der Waals surface area contributed by atoms with Gasteiger partial charge in [0.25, 0.3) is 5.69 Å². The zero-order valence-corrected chi connectivity index (χ0v) is 12.0. The maximum absolute atomic E-state index is 10.9. The minimum Gasteiger partial charge on any atom is -0.351 e. The van der Waals surface area contributed by atoms with Crippen molar-refractivity contribution in [2.24, 2.45) is 0 Å². The number of hydrogen-bond acceptors (Lipinski definition) is 4. The number of anilines is 1. The van der Waals surface area contributed by atoms with E-state index in [-0.39, 0.29) is 11.7 Å². The van der Waals surface area contributed by atoms with E-state index in [9.17, 15) is 15.4 Å². The molecule has 5 nitrogen and oxygen atoms in total. The normalized spacial score (nSPS) is 16.7. The second-order valence-electron chi connectivity index (χ2n) is 5.37. The third kappa shape index (κ3) is 2.63. The number of non-ortho nitro benzene ring substituents is 1. The first kappa shape index (κ1) is 14.1. The van der Waals surface area contributed by atoms with Gasteiger partial charge >= 0.3 is 0 Å². The summed E-state index contributed by atoms with van der Waals surface area (Å²) in [6, 6.07) is 16.8. The first-order valence-electron chi connectivity index (χ1n) is 7.16. The first-order valence-corrected chi connectivity index (χ1v) is 7.16. The van der Waals surface area contributed by atoms with E-state index < -0.39 is 4.92 Å². The summed E-state index contributed by atoms with van der Waals surface area (Å²) in [5, 5.41) is 20.3. The van der Waals surface area contributed by atoms with Crippen LogP contribution < -0.4 is 4.90 Å². The Morgan fingerprint density at radius 2 is 2.09 bits per heavy atom. The van der Waals surface area contributed by atoms with Gasteiger partial charge in [0, 0.05) is 24.4 Å². The highest BCUT2D eigenvalue weighted by Gasteiger charge is 2.26. The first-order chi connectivity index (χ1) is 10.7. The largest absolute Gasteiger partial charge is 0.351 e. The molecule has 0 saturated carbocycles. The van der Waals surface area contributed by atoms with Gasteiger partial charge in [-0.25, -0.2) is 0 Å². The van der Waals surface area contributed by atoms with Gasteiger partial charge in [0.15, 0.2) is 0 Å². The van der Waals surface area contributed by atoms with Crippen LogP contribution >= 0.6 is 0 Å². The lowest BCUT2D eigenvalue weighted by Crippen LogP contribution is -2.37. The lowest BCUT2D eigenvalue weighted by Gasteiger charge is -2.35. The molecule has 110 valence electrons. The SMILES string of the molecule is N#C[C@@H]1CCc2ccccc2N1Cc1cccc([N+](=O)[O-])c1. The quantitative estimate of drug-likeness (QED) is 0.642. The zero-order chi connectivity index (χ0) is 15.5. The van der Waals surface area contributed by atoms with Gasteiger partial charge in [-0.3, -0.25) is 10.1 Å². The van der Waals surface area contributed by atoms with Crippen LogP contribution in [0.25, 0.3) is 0 Å². The Morgan fingerprint density at radius 1 is 1.27 bits per heavy atom. The number of nitro benzene ring substituents is 1. The molecule has 1 atom stereocenters. The molecule has 0 spiro atoms. The molecule has 0 unspecified atom stereocenters. The van der Waals surface area contributed by atoms with Crippen LogP contribution in [-0.2, 0) is 13.0 Å². The fraction of sp³-hybridized carbons (Fsp3) is 0.235. The van der Waals surface area contributed by atoms with E-state index in [1.165, 1.54) is 11.6 Å². The highest BCUT2D eigenvalue weighted by atomic mass is 16.6. The highest BCUT2D eigenvalue weighted by Crippen LogP contribution is 2.32. The van der Waals surface area contributed by atoms with E-state index in [1.807, 2.05) is 29.2 Å². The summed E-state index contributed by atoms with van der Waals surface area (Å²) < 4.78 is 0. The molecule has 2 aromatic carbocycles. The van der Waals surface area contributed by atoms with Crippen molar-refractivity contribution in [3.8, 4) is 6.07 Å². The minimum absolute atomic E-state index is 0.0799. The standard InChI is InChI=1S/C17H15N3O2/c18-11-16-9-8-14-5-1-2-7-17(14)19(16)12-13-4-3-6-15(10-13)20(21)22/h1-7,10,16H,8-9,12H2/t16-/m0/s1. The fourth-order valence-corrected chi connectivity index (χ4v) is 2.91. The third-order valence-electron chi connectivity index (χ3n) is 3.99. The van der Waals surface area contributed by atoms with Crippen molar-refractivity contribution in [1.82, 2.24) is 0 Å². The van der Waals surface area contributed by atoms with Crippen molar-refractivity contribution in [3.63, 3.8) is 0 Å². The molecule has 0 aliphatic carbocycles. The summed E-state index contributed by atoms with van der Waals surface area (Å²) in [7, 11) is 0. The number of rotatable bonds is 3. The summed E-state index contributed by atoms with van der Waals surface area (Å²) in [6.45, 7) is 0.497. The van der Waals surface area contributed by atoms with Crippen LogP contribution in [0, 0.1) is 21.4 Å². The third-order valence-corrected chi connectivity index (χ3v) is 3.99. The Morgan fingerprint density at radius 3 is 2.86 bits per heavy atom. The molecule has 1 aliphatic heterocycles. The van der Waals surface area contributed by atoms with Gasteiger partial charge in [-0.05, 0) is 30.0 Å². The maximum atomic E-state index is 10.9. The Kier molecular flexibility index (Phi) is 3.75. The van der Waals surface area contributed by atoms with Crippen molar-refractivity contribution in [3.05, 3.63) is 69.8 Å². The van der Waals surface area contributed by atoms with Crippen LogP contribution in [0.2, 0.25) is 0 Å². The van der Waals surface area contributed by atoms with Crippen molar-refractivity contribution in [2.75, 3.05) is 4.90 Å².